The minimum absolute atomic E-state index is 0.0529. The number of nitrogens with one attached hydrogen (secondary N) is 1. The molecule has 2 atom stereocenters. The number of aryl methyl sites for hydroxylation is 1. The average Bonchev–Trinajstić information content (AvgIpc) is 3.20. The van der Waals surface area contributed by atoms with E-state index in [1.54, 1.807) is 22.0 Å². The Kier molecular flexibility index (Phi) is 6.38. The molecule has 2 aromatic rings. The summed E-state index contributed by atoms with van der Waals surface area (Å²) in [5.74, 6) is -0.208. The predicted octanol–water partition coefficient (Wildman–Crippen LogP) is 1.22. The molecule has 2 aliphatic heterocycles. The Hall–Kier alpha value is -2.71. The van der Waals surface area contributed by atoms with Crippen LogP contribution in [-0.4, -0.2) is 64.0 Å². The molecule has 0 radical (unpaired) electrons. The molecule has 0 spiro atoms. The maximum atomic E-state index is 13.0. The van der Waals surface area contributed by atoms with E-state index in [9.17, 15) is 14.7 Å². The van der Waals surface area contributed by atoms with Crippen LogP contribution in [0.4, 0.5) is 0 Å². The zero-order valence-electron chi connectivity index (χ0n) is 17.9. The normalized spacial score (nSPS) is 24.7. The molecule has 8 heteroatoms. The summed E-state index contributed by atoms with van der Waals surface area (Å²) in [6.45, 7) is 3.85. The van der Waals surface area contributed by atoms with E-state index < -0.39 is 11.6 Å². The van der Waals surface area contributed by atoms with Crippen molar-refractivity contribution >= 4 is 11.8 Å². The molecule has 2 aliphatic rings. The van der Waals surface area contributed by atoms with E-state index in [1.165, 1.54) is 0 Å². The average molecular weight is 427 g/mol. The summed E-state index contributed by atoms with van der Waals surface area (Å²) in [7, 11) is 0. The number of carbonyl (C=O) groups is 2. The number of nitrogens with zero attached hydrogens (tertiary/aromatic N) is 3. The van der Waals surface area contributed by atoms with Gasteiger partial charge in [-0.15, -0.1) is 0 Å². The van der Waals surface area contributed by atoms with E-state index in [-0.39, 0.29) is 30.8 Å². The minimum atomic E-state index is -0.951. The highest BCUT2D eigenvalue weighted by Crippen LogP contribution is 2.34. The number of rotatable bonds is 5. The lowest BCUT2D eigenvalue weighted by Gasteiger charge is -2.47. The fourth-order valence-electron chi connectivity index (χ4n) is 4.62. The van der Waals surface area contributed by atoms with Crippen molar-refractivity contribution < 1.29 is 19.4 Å². The molecule has 8 nitrogen and oxygen atoms in total. The highest BCUT2D eigenvalue weighted by molar-refractivity contribution is 5.80. The molecule has 31 heavy (non-hydrogen) atoms. The molecule has 0 saturated carbocycles. The Morgan fingerprint density at radius 1 is 1.26 bits per heavy atom. The summed E-state index contributed by atoms with van der Waals surface area (Å²) in [4.78, 5) is 27.6. The zero-order chi connectivity index (χ0) is 21.8. The Labute approximate surface area is 182 Å². The predicted molar refractivity (Wildman–Crippen MR) is 114 cm³/mol. The quantitative estimate of drug-likeness (QED) is 0.750. The summed E-state index contributed by atoms with van der Waals surface area (Å²) in [5.41, 5.74) is 0.865. The lowest BCUT2D eigenvalue weighted by atomic mass is 9.78. The van der Waals surface area contributed by atoms with E-state index in [4.69, 9.17) is 4.74 Å². The number of hydrogen-bond donors (Lipinski definition) is 2. The molecule has 0 bridgehead atoms. The Bertz CT molecular complexity index is 909. The van der Waals surface area contributed by atoms with Gasteiger partial charge in [0.25, 0.3) is 0 Å². The van der Waals surface area contributed by atoms with Gasteiger partial charge >= 0.3 is 0 Å². The van der Waals surface area contributed by atoms with Gasteiger partial charge in [-0.3, -0.25) is 14.3 Å². The van der Waals surface area contributed by atoms with Gasteiger partial charge in [0, 0.05) is 38.4 Å². The van der Waals surface area contributed by atoms with Gasteiger partial charge in [-0.2, -0.15) is 5.10 Å². The van der Waals surface area contributed by atoms with E-state index in [2.05, 4.69) is 10.4 Å². The number of amides is 2. The number of ether oxygens (including phenoxy) is 1. The topological polar surface area (TPSA) is 96.7 Å². The summed E-state index contributed by atoms with van der Waals surface area (Å²) < 4.78 is 6.95. The highest BCUT2D eigenvalue weighted by Gasteiger charge is 2.46. The van der Waals surface area contributed by atoms with Crippen LogP contribution in [0.5, 0.6) is 0 Å². The van der Waals surface area contributed by atoms with Crippen molar-refractivity contribution in [2.75, 3.05) is 26.3 Å². The Morgan fingerprint density at radius 3 is 2.65 bits per heavy atom. The van der Waals surface area contributed by atoms with Crippen LogP contribution in [0.1, 0.15) is 30.4 Å². The first-order valence-corrected chi connectivity index (χ1v) is 10.9. The third-order valence-electron chi connectivity index (χ3n) is 6.34. The number of likely N-dealkylation sites (tertiary alicyclic amines) is 1. The minimum Gasteiger partial charge on any atom is -0.388 e. The number of piperidine rings is 1. The summed E-state index contributed by atoms with van der Waals surface area (Å²) in [6.07, 6.45) is 4.47. The Balaban J connectivity index is 1.51. The molecule has 2 N–H and O–H groups in total. The van der Waals surface area contributed by atoms with Gasteiger partial charge in [-0.25, -0.2) is 0 Å². The van der Waals surface area contributed by atoms with Gasteiger partial charge < -0.3 is 20.1 Å². The van der Waals surface area contributed by atoms with Crippen LogP contribution in [0, 0.1) is 12.8 Å². The molecule has 0 aliphatic carbocycles. The van der Waals surface area contributed by atoms with Crippen molar-refractivity contribution in [1.29, 1.82) is 0 Å². The molecule has 2 amide bonds. The smallest absolute Gasteiger partial charge is 0.242 e. The number of aromatic nitrogens is 2. The van der Waals surface area contributed by atoms with Gasteiger partial charge in [0.15, 0.2) is 0 Å². The maximum absolute atomic E-state index is 13.0. The highest BCUT2D eigenvalue weighted by atomic mass is 16.5. The largest absolute Gasteiger partial charge is 0.388 e. The summed E-state index contributed by atoms with van der Waals surface area (Å²) >= 11 is 0. The zero-order valence-corrected chi connectivity index (χ0v) is 17.9. The van der Waals surface area contributed by atoms with Gasteiger partial charge in [0.05, 0.1) is 17.8 Å². The van der Waals surface area contributed by atoms with E-state index in [0.29, 0.717) is 26.2 Å². The number of aliphatic hydroxyl groups excluding tert-OH is 1. The summed E-state index contributed by atoms with van der Waals surface area (Å²) in [6, 6.07) is 9.52. The lowest BCUT2D eigenvalue weighted by molar-refractivity contribution is -0.145. The van der Waals surface area contributed by atoms with Crippen LogP contribution in [-0.2, 0) is 26.4 Å². The van der Waals surface area contributed by atoms with Crippen molar-refractivity contribution in [3.63, 3.8) is 0 Å². The first-order chi connectivity index (χ1) is 15.0. The molecule has 0 unspecified atom stereocenters. The van der Waals surface area contributed by atoms with Crippen LogP contribution in [0.15, 0.2) is 42.7 Å². The Morgan fingerprint density at radius 2 is 2.00 bits per heavy atom. The van der Waals surface area contributed by atoms with E-state index >= 15 is 0 Å². The molecular weight excluding hydrogens is 396 g/mol. The monoisotopic (exact) mass is 426 g/mol. The van der Waals surface area contributed by atoms with E-state index in [1.807, 2.05) is 37.3 Å². The number of carbonyl (C=O) groups excluding carboxylic acids is 2. The molecular formula is C23H30N4O4. The van der Waals surface area contributed by atoms with Gasteiger partial charge in [0.2, 0.25) is 11.8 Å². The fourth-order valence-corrected chi connectivity index (χ4v) is 4.62. The molecule has 1 aromatic heterocycles. The van der Waals surface area contributed by atoms with Crippen molar-refractivity contribution in [2.45, 2.75) is 44.4 Å². The van der Waals surface area contributed by atoms with Crippen molar-refractivity contribution in [1.82, 2.24) is 20.0 Å². The SMILES string of the molecule is Cc1cnn(CC(=O)N[C@@]2(c3ccccc3)CCN(C(=O)C3CCOCC3)C[C@H]2O)c1. The second-order valence-corrected chi connectivity index (χ2v) is 8.54. The molecule has 166 valence electrons. The second kappa shape index (κ2) is 9.20. The van der Waals surface area contributed by atoms with Gasteiger partial charge in [0.1, 0.15) is 6.54 Å². The lowest BCUT2D eigenvalue weighted by Crippen LogP contribution is -2.63. The maximum Gasteiger partial charge on any atom is 0.242 e. The van der Waals surface area contributed by atoms with E-state index in [0.717, 1.165) is 24.0 Å². The number of benzene rings is 1. The molecule has 3 heterocycles. The molecule has 2 saturated heterocycles. The van der Waals surface area contributed by atoms with Crippen LogP contribution < -0.4 is 5.32 Å². The molecule has 2 fully saturated rings. The first-order valence-electron chi connectivity index (χ1n) is 10.9. The standard InChI is InChI=1S/C23H30N4O4/c1-17-13-24-27(14-17)16-21(29)25-23(19-5-3-2-4-6-19)9-10-26(15-20(23)28)22(30)18-7-11-31-12-8-18/h2-6,13-14,18,20,28H,7-12,15-16H2,1H3,(H,25,29)/t20-,23-/m1/s1. The third-order valence-corrected chi connectivity index (χ3v) is 6.34. The van der Waals surface area contributed by atoms with Crippen molar-refractivity contribution in [3.8, 4) is 0 Å². The second-order valence-electron chi connectivity index (χ2n) is 8.54. The first kappa shape index (κ1) is 21.5. The van der Waals surface area contributed by atoms with Gasteiger partial charge in [-0.1, -0.05) is 30.3 Å². The van der Waals surface area contributed by atoms with Crippen LogP contribution >= 0.6 is 0 Å². The molecule has 4 rings (SSSR count). The number of β-amino-alcohol motifs (C(OH)–C–C–N with tert-alkyl or cyclic N) is 1. The van der Waals surface area contributed by atoms with Crippen molar-refractivity contribution in [3.05, 3.63) is 53.9 Å². The van der Waals surface area contributed by atoms with Gasteiger partial charge in [-0.05, 0) is 37.3 Å². The number of hydrogen-bond acceptors (Lipinski definition) is 5. The fraction of sp³-hybridized carbons (Fsp3) is 0.522. The number of aliphatic hydroxyl groups is 1. The van der Waals surface area contributed by atoms with Crippen LogP contribution in [0.25, 0.3) is 0 Å². The van der Waals surface area contributed by atoms with Crippen LogP contribution in [0.3, 0.4) is 0 Å². The molecule has 1 aromatic carbocycles. The van der Waals surface area contributed by atoms with Crippen LogP contribution in [0.2, 0.25) is 0 Å². The van der Waals surface area contributed by atoms with Crippen molar-refractivity contribution in [2.24, 2.45) is 5.92 Å². The summed E-state index contributed by atoms with van der Waals surface area (Å²) in [5, 5.41) is 18.5. The third kappa shape index (κ3) is 4.65.